The van der Waals surface area contributed by atoms with Crippen LogP contribution >= 0.6 is 11.6 Å². The van der Waals surface area contributed by atoms with Gasteiger partial charge in [-0.1, -0.05) is 117 Å². The number of rotatable bonds is 13. The summed E-state index contributed by atoms with van der Waals surface area (Å²) in [4.78, 5) is 4.84. The molecule has 42 heavy (non-hydrogen) atoms. The average molecular weight is 573 g/mol. The molecule has 0 atom stereocenters. The lowest BCUT2D eigenvalue weighted by Crippen LogP contribution is -2.18. The Kier molecular flexibility index (Phi) is 10.4. The van der Waals surface area contributed by atoms with E-state index in [0.29, 0.717) is 0 Å². The number of para-hydroxylation sites is 2. The predicted molar refractivity (Wildman–Crippen MR) is 182 cm³/mol. The maximum Gasteiger partial charge on any atom is 0.0447 e. The van der Waals surface area contributed by atoms with Crippen LogP contribution in [0.5, 0.6) is 0 Å². The van der Waals surface area contributed by atoms with E-state index >= 15 is 0 Å². The molecule has 0 bridgehead atoms. The minimum atomic E-state index is 0.0310. The summed E-state index contributed by atoms with van der Waals surface area (Å²) in [5, 5.41) is 0.790. The summed E-state index contributed by atoms with van der Waals surface area (Å²) >= 11 is 6.84. The lowest BCUT2D eigenvalue weighted by Gasteiger charge is -2.27. The van der Waals surface area contributed by atoms with Crippen LogP contribution in [0.1, 0.15) is 62.1 Å². The summed E-state index contributed by atoms with van der Waals surface area (Å²) in [5.74, 6) is 0.0310. The Bertz CT molecular complexity index is 1400. The molecule has 0 radical (unpaired) electrons. The van der Waals surface area contributed by atoms with Crippen molar-refractivity contribution in [3.05, 3.63) is 155 Å². The fourth-order valence-electron chi connectivity index (χ4n) is 5.62. The van der Waals surface area contributed by atoms with Crippen LogP contribution < -0.4 is 9.80 Å². The van der Waals surface area contributed by atoms with Gasteiger partial charge in [0.1, 0.15) is 0 Å². The zero-order valence-corrected chi connectivity index (χ0v) is 25.6. The molecule has 5 aromatic rings. The van der Waals surface area contributed by atoms with Crippen molar-refractivity contribution in [2.24, 2.45) is 0 Å². The van der Waals surface area contributed by atoms with Gasteiger partial charge in [-0.25, -0.2) is 0 Å². The smallest absolute Gasteiger partial charge is 0.0447 e. The molecule has 0 heterocycles. The molecule has 0 aliphatic rings. The fraction of sp³-hybridized carbons (Fsp3) is 0.231. The maximum absolute atomic E-state index is 6.84. The van der Waals surface area contributed by atoms with Crippen LogP contribution in [0.3, 0.4) is 0 Å². The molecule has 0 saturated carbocycles. The predicted octanol–water partition coefficient (Wildman–Crippen LogP) is 11.4. The van der Waals surface area contributed by atoms with Crippen LogP contribution in [-0.2, 0) is 0 Å². The van der Waals surface area contributed by atoms with E-state index in [-0.39, 0.29) is 5.92 Å². The third kappa shape index (κ3) is 7.06. The first-order valence-electron chi connectivity index (χ1n) is 15.3. The minimum Gasteiger partial charge on any atom is -0.341 e. The summed E-state index contributed by atoms with van der Waals surface area (Å²) < 4.78 is 0. The largest absolute Gasteiger partial charge is 0.341 e. The molecule has 0 fully saturated rings. The van der Waals surface area contributed by atoms with Gasteiger partial charge in [-0.2, -0.15) is 0 Å². The van der Waals surface area contributed by atoms with Crippen molar-refractivity contribution in [1.82, 2.24) is 0 Å². The summed E-state index contributed by atoms with van der Waals surface area (Å²) in [7, 11) is 0. The van der Waals surface area contributed by atoms with Crippen LogP contribution in [0.4, 0.5) is 22.7 Å². The third-order valence-corrected chi connectivity index (χ3v) is 8.24. The monoisotopic (exact) mass is 572 g/mol. The average Bonchev–Trinajstić information content (AvgIpc) is 3.05. The van der Waals surface area contributed by atoms with Gasteiger partial charge in [0, 0.05) is 46.8 Å². The molecule has 0 aliphatic carbocycles. The zero-order chi connectivity index (χ0) is 29.1. The Morgan fingerprint density at radius 1 is 0.476 bits per heavy atom. The first-order valence-corrected chi connectivity index (χ1v) is 15.7. The highest BCUT2D eigenvalue weighted by Crippen LogP contribution is 2.38. The second-order valence-electron chi connectivity index (χ2n) is 10.8. The Morgan fingerprint density at radius 2 is 0.857 bits per heavy atom. The fourth-order valence-corrected chi connectivity index (χ4v) is 5.86. The highest BCUT2D eigenvalue weighted by Gasteiger charge is 2.21. The van der Waals surface area contributed by atoms with Crippen molar-refractivity contribution in [2.75, 3.05) is 22.9 Å². The first-order chi connectivity index (χ1) is 20.7. The number of hydrogen-bond acceptors (Lipinski definition) is 2. The molecule has 0 aromatic heterocycles. The van der Waals surface area contributed by atoms with Gasteiger partial charge in [0.25, 0.3) is 0 Å². The van der Waals surface area contributed by atoms with E-state index in [1.165, 1.54) is 33.9 Å². The van der Waals surface area contributed by atoms with Crippen molar-refractivity contribution < 1.29 is 0 Å². The van der Waals surface area contributed by atoms with Crippen molar-refractivity contribution in [3.8, 4) is 0 Å². The van der Waals surface area contributed by atoms with E-state index in [2.05, 4.69) is 145 Å². The molecular weight excluding hydrogens is 532 g/mol. The van der Waals surface area contributed by atoms with E-state index in [1.807, 2.05) is 12.1 Å². The van der Waals surface area contributed by atoms with Gasteiger partial charge >= 0.3 is 0 Å². The van der Waals surface area contributed by atoms with Gasteiger partial charge in [-0.05, 0) is 84.1 Å². The van der Waals surface area contributed by atoms with Crippen LogP contribution in [-0.4, -0.2) is 13.1 Å². The highest BCUT2D eigenvalue weighted by atomic mass is 35.5. The molecule has 5 rings (SSSR count). The number of halogens is 1. The third-order valence-electron chi connectivity index (χ3n) is 7.90. The van der Waals surface area contributed by atoms with Gasteiger partial charge in [0.05, 0.1) is 0 Å². The van der Waals surface area contributed by atoms with Gasteiger partial charge in [-0.15, -0.1) is 0 Å². The molecule has 0 N–H and O–H groups in total. The van der Waals surface area contributed by atoms with E-state index < -0.39 is 0 Å². The number of benzene rings is 5. The van der Waals surface area contributed by atoms with Crippen LogP contribution in [0.2, 0.25) is 5.02 Å². The van der Waals surface area contributed by atoms with E-state index in [1.54, 1.807) is 0 Å². The van der Waals surface area contributed by atoms with E-state index in [9.17, 15) is 0 Å². The van der Waals surface area contributed by atoms with Gasteiger partial charge < -0.3 is 9.80 Å². The Morgan fingerprint density at radius 3 is 1.26 bits per heavy atom. The van der Waals surface area contributed by atoms with Crippen LogP contribution in [0.15, 0.2) is 133 Å². The number of anilines is 4. The maximum atomic E-state index is 6.84. The van der Waals surface area contributed by atoms with Crippen molar-refractivity contribution in [1.29, 1.82) is 0 Å². The van der Waals surface area contributed by atoms with Crippen molar-refractivity contribution in [3.63, 3.8) is 0 Å². The van der Waals surface area contributed by atoms with Gasteiger partial charge in [-0.3, -0.25) is 0 Å². The second-order valence-corrected chi connectivity index (χ2v) is 11.2. The quantitative estimate of drug-likeness (QED) is 0.129. The Balaban J connectivity index is 1.50. The molecule has 2 nitrogen and oxygen atoms in total. The Hall–Kier alpha value is -4.01. The summed E-state index contributed by atoms with van der Waals surface area (Å²) in [6, 6.07) is 47.8. The van der Waals surface area contributed by atoms with Crippen LogP contribution in [0.25, 0.3) is 0 Å². The van der Waals surface area contributed by atoms with Gasteiger partial charge in [0.15, 0.2) is 0 Å². The molecule has 3 heteroatoms. The summed E-state index contributed by atoms with van der Waals surface area (Å²) in [6.45, 7) is 6.47. The number of hydrogen-bond donors (Lipinski definition) is 0. The molecule has 0 saturated heterocycles. The van der Waals surface area contributed by atoms with E-state index in [0.717, 1.165) is 49.4 Å². The lowest BCUT2D eigenvalue weighted by molar-refractivity contribution is 0.785. The SMILES string of the molecule is CCCCN(c1ccccc1)c1ccc(C(c2ccc(N(CCCC)c3ccccc3)cc2)c2ccccc2Cl)cc1. The second kappa shape index (κ2) is 14.8. The van der Waals surface area contributed by atoms with Crippen molar-refractivity contribution in [2.45, 2.75) is 45.4 Å². The van der Waals surface area contributed by atoms with Crippen molar-refractivity contribution >= 4 is 34.4 Å². The normalized spacial score (nSPS) is 11.0. The molecule has 0 amide bonds. The van der Waals surface area contributed by atoms with Gasteiger partial charge in [0.2, 0.25) is 0 Å². The molecule has 5 aromatic carbocycles. The molecule has 0 spiro atoms. The highest BCUT2D eigenvalue weighted by molar-refractivity contribution is 6.31. The Labute approximate surface area is 257 Å². The first kappa shape index (κ1) is 29.5. The molecule has 0 aliphatic heterocycles. The zero-order valence-electron chi connectivity index (χ0n) is 24.8. The summed E-state index contributed by atoms with van der Waals surface area (Å²) in [5.41, 5.74) is 8.45. The van der Waals surface area contributed by atoms with E-state index in [4.69, 9.17) is 11.6 Å². The lowest BCUT2D eigenvalue weighted by atomic mass is 9.85. The molecule has 0 unspecified atom stereocenters. The molecule has 214 valence electrons. The topological polar surface area (TPSA) is 6.48 Å². The van der Waals surface area contributed by atoms with Crippen LogP contribution in [0, 0.1) is 0 Å². The minimum absolute atomic E-state index is 0.0310. The molecular formula is C39H41ClN2. The summed E-state index contributed by atoms with van der Waals surface area (Å²) in [6.07, 6.45) is 4.60. The number of unbranched alkanes of at least 4 members (excludes halogenated alkanes) is 2. The number of nitrogens with zero attached hydrogens (tertiary/aromatic N) is 2. The standard InChI is InChI=1S/C39H41ClN2/c1-3-5-29-41(33-15-9-7-10-16-33)35-25-21-31(22-26-35)39(37-19-13-14-20-38(37)40)32-23-27-36(28-24-32)42(30-6-4-2)34-17-11-8-12-18-34/h7-28,39H,3-6,29-30H2,1-2H3.